The van der Waals surface area contributed by atoms with Crippen LogP contribution in [0.25, 0.3) is 22.5 Å². The molecule has 2 aromatic carbocycles. The minimum absolute atomic E-state index is 0.862. The number of rotatable bonds is 1. The Hall–Kier alpha value is -3.92. The molecule has 0 N–H and O–H groups in total. The molecule has 2 aromatic heterocycles. The molecule has 0 radical (unpaired) electrons. The molecule has 0 bridgehead atoms. The van der Waals surface area contributed by atoms with Crippen molar-refractivity contribution in [2.24, 2.45) is 10.2 Å². The molecule has 0 amide bonds. The van der Waals surface area contributed by atoms with Gasteiger partial charge in [-0.2, -0.15) is 0 Å². The predicted molar refractivity (Wildman–Crippen MR) is 111 cm³/mol. The van der Waals surface area contributed by atoms with Gasteiger partial charge in [0, 0.05) is 45.8 Å². The van der Waals surface area contributed by atoms with Crippen LogP contribution < -0.4 is 0 Å². The van der Waals surface area contributed by atoms with Crippen LogP contribution in [0.2, 0.25) is 0 Å². The van der Waals surface area contributed by atoms with Gasteiger partial charge in [-0.25, -0.2) is 0 Å². The lowest BCUT2D eigenvalue weighted by atomic mass is 10.1. The Balaban J connectivity index is 1.58. The second-order valence-corrected chi connectivity index (χ2v) is 6.79. The monoisotopic (exact) mass is 358 g/mol. The van der Waals surface area contributed by atoms with Crippen molar-refractivity contribution in [3.63, 3.8) is 0 Å². The number of nitrogens with zero attached hydrogens (tertiary/aromatic N) is 4. The summed E-state index contributed by atoms with van der Waals surface area (Å²) in [6.07, 6.45) is 3.64. The fraction of sp³-hybridized carbons (Fsp3) is 0. The largest absolute Gasteiger partial charge is 0.256 e. The van der Waals surface area contributed by atoms with E-state index in [2.05, 4.69) is 46.4 Å². The molecule has 0 aliphatic heterocycles. The summed E-state index contributed by atoms with van der Waals surface area (Å²) < 4.78 is 0. The van der Waals surface area contributed by atoms with Crippen molar-refractivity contribution < 1.29 is 0 Å². The highest BCUT2D eigenvalue weighted by Gasteiger charge is 2.28. The molecule has 4 nitrogen and oxygen atoms in total. The second-order valence-electron chi connectivity index (χ2n) is 6.79. The van der Waals surface area contributed by atoms with Crippen molar-refractivity contribution in [1.29, 1.82) is 0 Å². The number of hydrogen-bond donors (Lipinski definition) is 0. The van der Waals surface area contributed by atoms with Crippen molar-refractivity contribution in [2.45, 2.75) is 0 Å². The zero-order valence-corrected chi connectivity index (χ0v) is 14.9. The summed E-state index contributed by atoms with van der Waals surface area (Å²) >= 11 is 0. The van der Waals surface area contributed by atoms with Gasteiger partial charge in [-0.1, -0.05) is 48.5 Å². The van der Waals surface area contributed by atoms with Crippen LogP contribution in [0, 0.1) is 0 Å². The summed E-state index contributed by atoms with van der Waals surface area (Å²) in [5, 5.41) is 9.44. The van der Waals surface area contributed by atoms with E-state index in [1.165, 1.54) is 0 Å². The first-order chi connectivity index (χ1) is 13.9. The van der Waals surface area contributed by atoms with E-state index in [1.807, 2.05) is 48.8 Å². The van der Waals surface area contributed by atoms with E-state index in [9.17, 15) is 0 Å². The molecule has 2 heterocycles. The standard InChI is InChI=1S/C24H14N4/c1-3-9-17-15(7-1)21-19(11-5-13-25-21)23(17)27-28-24-18-10-4-2-8-16(18)22-20(24)12-6-14-26-22/h1-14H. The molecule has 2 aliphatic rings. The van der Waals surface area contributed by atoms with Crippen LogP contribution in [-0.2, 0) is 0 Å². The third-order valence-electron chi connectivity index (χ3n) is 5.25. The highest BCUT2D eigenvalue weighted by molar-refractivity contribution is 6.26. The maximum atomic E-state index is 4.72. The lowest BCUT2D eigenvalue weighted by Crippen LogP contribution is -2.01. The molecule has 4 heteroatoms. The molecule has 0 saturated carbocycles. The summed E-state index contributed by atoms with van der Waals surface area (Å²) in [6.45, 7) is 0. The first-order valence-corrected chi connectivity index (χ1v) is 9.18. The average molecular weight is 358 g/mol. The van der Waals surface area contributed by atoms with Gasteiger partial charge < -0.3 is 0 Å². The number of hydrogen-bond acceptors (Lipinski definition) is 4. The fourth-order valence-corrected chi connectivity index (χ4v) is 4.02. The maximum Gasteiger partial charge on any atom is 0.103 e. The van der Waals surface area contributed by atoms with Gasteiger partial charge in [0.1, 0.15) is 11.4 Å². The Morgan fingerprint density at radius 3 is 1.29 bits per heavy atom. The van der Waals surface area contributed by atoms with Crippen LogP contribution in [0.3, 0.4) is 0 Å². The molecule has 28 heavy (non-hydrogen) atoms. The van der Waals surface area contributed by atoms with Crippen molar-refractivity contribution in [2.75, 3.05) is 0 Å². The van der Waals surface area contributed by atoms with Gasteiger partial charge in [0.15, 0.2) is 0 Å². The molecule has 0 saturated heterocycles. The van der Waals surface area contributed by atoms with Gasteiger partial charge in [0.05, 0.1) is 11.4 Å². The first-order valence-electron chi connectivity index (χ1n) is 9.18. The minimum atomic E-state index is 0.862. The van der Waals surface area contributed by atoms with Gasteiger partial charge in [0.25, 0.3) is 0 Å². The van der Waals surface area contributed by atoms with Gasteiger partial charge in [-0.3, -0.25) is 9.97 Å². The van der Waals surface area contributed by atoms with Crippen LogP contribution in [0.15, 0.2) is 95.4 Å². The Morgan fingerprint density at radius 1 is 0.429 bits per heavy atom. The van der Waals surface area contributed by atoms with E-state index in [0.29, 0.717) is 0 Å². The summed E-state index contributed by atoms with van der Waals surface area (Å²) in [5.41, 5.74) is 10.0. The average Bonchev–Trinajstić information content (AvgIpc) is 3.26. The van der Waals surface area contributed by atoms with E-state index in [-0.39, 0.29) is 0 Å². The molecule has 2 aliphatic carbocycles. The topological polar surface area (TPSA) is 50.5 Å². The lowest BCUT2D eigenvalue weighted by Gasteiger charge is -2.01. The van der Waals surface area contributed by atoms with Crippen LogP contribution in [0.4, 0.5) is 0 Å². The smallest absolute Gasteiger partial charge is 0.103 e. The Kier molecular flexibility index (Phi) is 3.14. The van der Waals surface area contributed by atoms with Crippen LogP contribution in [0.5, 0.6) is 0 Å². The van der Waals surface area contributed by atoms with Crippen LogP contribution >= 0.6 is 0 Å². The molecule has 0 unspecified atom stereocenters. The van der Waals surface area contributed by atoms with Crippen molar-refractivity contribution in [1.82, 2.24) is 9.97 Å². The Morgan fingerprint density at radius 2 is 0.821 bits per heavy atom. The summed E-state index contributed by atoms with van der Waals surface area (Å²) in [6, 6.07) is 24.4. The molecule has 0 fully saturated rings. The minimum Gasteiger partial charge on any atom is -0.256 e. The first kappa shape index (κ1) is 15.2. The zero-order chi connectivity index (χ0) is 18.5. The van der Waals surface area contributed by atoms with Gasteiger partial charge in [0.2, 0.25) is 0 Å². The second kappa shape index (κ2) is 5.79. The van der Waals surface area contributed by atoms with Crippen molar-refractivity contribution in [3.8, 4) is 22.5 Å². The molecule has 4 aromatic rings. The summed E-state index contributed by atoms with van der Waals surface area (Å²) in [7, 11) is 0. The highest BCUT2D eigenvalue weighted by Crippen LogP contribution is 2.37. The Labute approximate surface area is 162 Å². The van der Waals surface area contributed by atoms with E-state index in [0.717, 1.165) is 56.2 Å². The molecule has 6 rings (SSSR count). The van der Waals surface area contributed by atoms with E-state index in [4.69, 9.17) is 10.2 Å². The number of pyridine rings is 2. The SMILES string of the molecule is c1ccc2c(c1)C(=NN=C1c3ccccc3-c3ncccc31)c1cccnc1-2. The van der Waals surface area contributed by atoms with E-state index >= 15 is 0 Å². The molecule has 0 spiro atoms. The fourth-order valence-electron chi connectivity index (χ4n) is 4.02. The highest BCUT2D eigenvalue weighted by atomic mass is 15.2. The molecular weight excluding hydrogens is 344 g/mol. The van der Waals surface area contributed by atoms with Gasteiger partial charge in [-0.05, 0) is 24.3 Å². The van der Waals surface area contributed by atoms with Gasteiger partial charge in [-0.15, -0.1) is 10.2 Å². The maximum absolute atomic E-state index is 4.72. The number of aromatic nitrogens is 2. The summed E-state index contributed by atoms with van der Waals surface area (Å²) in [4.78, 5) is 9.13. The van der Waals surface area contributed by atoms with Crippen LogP contribution in [-0.4, -0.2) is 21.4 Å². The van der Waals surface area contributed by atoms with Crippen molar-refractivity contribution in [3.05, 3.63) is 107 Å². The Bertz CT molecular complexity index is 1120. The van der Waals surface area contributed by atoms with E-state index in [1.54, 1.807) is 0 Å². The van der Waals surface area contributed by atoms with Gasteiger partial charge >= 0.3 is 0 Å². The van der Waals surface area contributed by atoms with Crippen molar-refractivity contribution >= 4 is 11.4 Å². The van der Waals surface area contributed by atoms with E-state index < -0.39 is 0 Å². The quantitative estimate of drug-likeness (QED) is 0.399. The third kappa shape index (κ3) is 2.06. The third-order valence-corrected chi connectivity index (χ3v) is 5.25. The number of fused-ring (bicyclic) bond motifs is 6. The molecule has 0 atom stereocenters. The molecular formula is C24H14N4. The molecule has 130 valence electrons. The summed E-state index contributed by atoms with van der Waals surface area (Å²) in [5.74, 6) is 0. The zero-order valence-electron chi connectivity index (χ0n) is 14.9. The normalized spacial score (nSPS) is 16.0. The van der Waals surface area contributed by atoms with Crippen LogP contribution in [0.1, 0.15) is 22.3 Å². The predicted octanol–water partition coefficient (Wildman–Crippen LogP) is 4.73. The number of benzene rings is 2. The lowest BCUT2D eigenvalue weighted by molar-refractivity contribution is 1.23.